The van der Waals surface area contributed by atoms with Gasteiger partial charge in [0.2, 0.25) is 10.0 Å². The van der Waals surface area contributed by atoms with Gasteiger partial charge in [0.15, 0.2) is 0 Å². The lowest BCUT2D eigenvalue weighted by Crippen LogP contribution is -2.38. The third kappa shape index (κ3) is 5.12. The van der Waals surface area contributed by atoms with E-state index in [0.717, 1.165) is 21.3 Å². The number of fused-ring (bicyclic) bond motifs is 1. The predicted octanol–water partition coefficient (Wildman–Crippen LogP) is 2.97. The lowest BCUT2D eigenvalue weighted by molar-refractivity contribution is 0.0953. The Morgan fingerprint density at radius 1 is 1.21 bits per heavy atom. The Hall–Kier alpha value is -1.90. The number of rotatable bonds is 7. The number of nitrogens with zero attached hydrogens (tertiary/aromatic N) is 1. The second kappa shape index (κ2) is 9.07. The van der Waals surface area contributed by atoms with Gasteiger partial charge in [-0.25, -0.2) is 8.42 Å². The third-order valence-electron chi connectivity index (χ3n) is 4.74. The summed E-state index contributed by atoms with van der Waals surface area (Å²) >= 11 is 3.33. The van der Waals surface area contributed by atoms with Crippen molar-refractivity contribution in [3.63, 3.8) is 0 Å². The van der Waals surface area contributed by atoms with Crippen LogP contribution in [0.4, 0.5) is 0 Å². The van der Waals surface area contributed by atoms with E-state index in [-0.39, 0.29) is 11.7 Å². The molecule has 0 spiro atoms. The number of carbonyl (C=O) groups is 1. The molecule has 1 aliphatic rings. The van der Waals surface area contributed by atoms with E-state index >= 15 is 0 Å². The SMILES string of the molecule is COc1ccc2c(c1)CCN(S(=O)(=O)CCCNC(=O)c1cccc(Br)c1)C2. The number of halogens is 1. The molecule has 2 aromatic rings. The molecule has 3 rings (SSSR count). The quantitative estimate of drug-likeness (QED) is 0.636. The van der Waals surface area contributed by atoms with Crippen LogP contribution in [0.2, 0.25) is 0 Å². The largest absolute Gasteiger partial charge is 0.497 e. The van der Waals surface area contributed by atoms with Crippen LogP contribution < -0.4 is 10.1 Å². The highest BCUT2D eigenvalue weighted by Crippen LogP contribution is 2.25. The maximum atomic E-state index is 12.7. The second-order valence-corrected chi connectivity index (χ2v) is 9.66. The number of hydrogen-bond donors (Lipinski definition) is 1. The molecule has 150 valence electrons. The first-order chi connectivity index (χ1) is 13.4. The fourth-order valence-electron chi connectivity index (χ4n) is 3.19. The minimum Gasteiger partial charge on any atom is -0.497 e. The molecule has 0 aromatic heterocycles. The number of hydrogen-bond acceptors (Lipinski definition) is 4. The Balaban J connectivity index is 1.51. The van der Waals surface area contributed by atoms with Gasteiger partial charge in [0.1, 0.15) is 5.75 Å². The number of ether oxygens (including phenoxy) is 1. The Bertz CT molecular complexity index is 962. The zero-order valence-electron chi connectivity index (χ0n) is 15.7. The van der Waals surface area contributed by atoms with Crippen LogP contribution in [0.1, 0.15) is 27.9 Å². The van der Waals surface area contributed by atoms with Crippen molar-refractivity contribution in [2.45, 2.75) is 19.4 Å². The summed E-state index contributed by atoms with van der Waals surface area (Å²) in [4.78, 5) is 12.1. The van der Waals surface area contributed by atoms with Gasteiger partial charge in [-0.1, -0.05) is 28.1 Å². The van der Waals surface area contributed by atoms with Crippen molar-refractivity contribution >= 4 is 31.9 Å². The van der Waals surface area contributed by atoms with Gasteiger partial charge in [0, 0.05) is 29.7 Å². The smallest absolute Gasteiger partial charge is 0.251 e. The summed E-state index contributed by atoms with van der Waals surface area (Å²) in [6, 6.07) is 12.8. The van der Waals surface area contributed by atoms with E-state index < -0.39 is 10.0 Å². The Labute approximate surface area is 174 Å². The molecule has 0 aliphatic carbocycles. The number of sulfonamides is 1. The maximum Gasteiger partial charge on any atom is 0.251 e. The summed E-state index contributed by atoms with van der Waals surface area (Å²) in [5, 5.41) is 2.77. The summed E-state index contributed by atoms with van der Waals surface area (Å²) < 4.78 is 32.9. The van der Waals surface area contributed by atoms with Crippen LogP contribution in [-0.2, 0) is 23.0 Å². The second-order valence-electron chi connectivity index (χ2n) is 6.65. The lowest BCUT2D eigenvalue weighted by Gasteiger charge is -2.28. The van der Waals surface area contributed by atoms with Gasteiger partial charge in [-0.3, -0.25) is 4.79 Å². The standard InChI is InChI=1S/C20H23BrN2O4S/c1-27-19-7-6-17-14-23(10-8-15(17)13-19)28(25,26)11-3-9-22-20(24)16-4-2-5-18(21)12-16/h2,4-7,12-13H,3,8-11,14H2,1H3,(H,22,24). The molecule has 0 radical (unpaired) electrons. The van der Waals surface area contributed by atoms with Gasteiger partial charge in [-0.05, 0) is 54.3 Å². The molecular weight excluding hydrogens is 444 g/mol. The molecule has 0 atom stereocenters. The molecule has 1 amide bonds. The van der Waals surface area contributed by atoms with Gasteiger partial charge >= 0.3 is 0 Å². The number of benzene rings is 2. The van der Waals surface area contributed by atoms with Crippen LogP contribution in [-0.4, -0.2) is 44.6 Å². The van der Waals surface area contributed by atoms with E-state index in [0.29, 0.717) is 38.0 Å². The molecule has 0 unspecified atom stereocenters. The first-order valence-electron chi connectivity index (χ1n) is 9.06. The van der Waals surface area contributed by atoms with E-state index in [2.05, 4.69) is 21.2 Å². The summed E-state index contributed by atoms with van der Waals surface area (Å²) in [6.45, 7) is 1.16. The maximum absolute atomic E-state index is 12.7. The Kier molecular flexibility index (Phi) is 6.74. The summed E-state index contributed by atoms with van der Waals surface area (Å²) in [5.41, 5.74) is 2.69. The molecule has 0 saturated heterocycles. The van der Waals surface area contributed by atoms with E-state index in [1.165, 1.54) is 4.31 Å². The topological polar surface area (TPSA) is 75.7 Å². The fourth-order valence-corrected chi connectivity index (χ4v) is 5.06. The van der Waals surface area contributed by atoms with Gasteiger partial charge in [-0.2, -0.15) is 4.31 Å². The number of carbonyl (C=O) groups excluding carboxylic acids is 1. The number of methoxy groups -OCH3 is 1. The molecule has 0 bridgehead atoms. The molecule has 0 saturated carbocycles. The molecule has 1 aliphatic heterocycles. The van der Waals surface area contributed by atoms with E-state index in [1.54, 1.807) is 25.3 Å². The molecule has 1 heterocycles. The molecule has 8 heteroatoms. The van der Waals surface area contributed by atoms with E-state index in [1.807, 2.05) is 24.3 Å². The molecule has 1 N–H and O–H groups in total. The highest BCUT2D eigenvalue weighted by molar-refractivity contribution is 9.10. The van der Waals surface area contributed by atoms with Crippen molar-refractivity contribution in [3.05, 3.63) is 63.6 Å². The molecule has 6 nitrogen and oxygen atoms in total. The van der Waals surface area contributed by atoms with E-state index in [4.69, 9.17) is 4.74 Å². The summed E-state index contributed by atoms with van der Waals surface area (Å²) in [7, 11) is -1.75. The Morgan fingerprint density at radius 3 is 2.79 bits per heavy atom. The van der Waals surface area contributed by atoms with Gasteiger partial charge < -0.3 is 10.1 Å². The van der Waals surface area contributed by atoms with Crippen LogP contribution in [0, 0.1) is 0 Å². The van der Waals surface area contributed by atoms with Crippen LogP contribution in [0.15, 0.2) is 46.9 Å². The highest BCUT2D eigenvalue weighted by atomic mass is 79.9. The minimum absolute atomic E-state index is 0.0112. The van der Waals surface area contributed by atoms with Crippen molar-refractivity contribution in [2.24, 2.45) is 0 Å². The van der Waals surface area contributed by atoms with Crippen LogP contribution in [0.25, 0.3) is 0 Å². The third-order valence-corrected chi connectivity index (χ3v) is 7.13. The van der Waals surface area contributed by atoms with Crippen molar-refractivity contribution in [1.29, 1.82) is 0 Å². The molecule has 28 heavy (non-hydrogen) atoms. The first kappa shape index (κ1) is 20.8. The monoisotopic (exact) mass is 466 g/mol. The zero-order valence-corrected chi connectivity index (χ0v) is 18.1. The van der Waals surface area contributed by atoms with Gasteiger partial charge in [-0.15, -0.1) is 0 Å². The van der Waals surface area contributed by atoms with Crippen LogP contribution >= 0.6 is 15.9 Å². The average Bonchev–Trinajstić information content (AvgIpc) is 2.70. The van der Waals surface area contributed by atoms with Crippen molar-refractivity contribution in [3.8, 4) is 5.75 Å². The number of amides is 1. The molecule has 2 aromatic carbocycles. The van der Waals surface area contributed by atoms with Gasteiger partial charge in [0.25, 0.3) is 5.91 Å². The van der Waals surface area contributed by atoms with Crippen molar-refractivity contribution in [2.75, 3.05) is 26.0 Å². The summed E-state index contributed by atoms with van der Waals surface area (Å²) in [5.74, 6) is 0.591. The minimum atomic E-state index is -3.37. The molecule has 0 fully saturated rings. The number of nitrogens with one attached hydrogen (secondary N) is 1. The summed E-state index contributed by atoms with van der Waals surface area (Å²) in [6.07, 6.45) is 1.04. The fraction of sp³-hybridized carbons (Fsp3) is 0.350. The Morgan fingerprint density at radius 2 is 2.04 bits per heavy atom. The van der Waals surface area contributed by atoms with Crippen LogP contribution in [0.3, 0.4) is 0 Å². The average molecular weight is 467 g/mol. The van der Waals surface area contributed by atoms with E-state index in [9.17, 15) is 13.2 Å². The predicted molar refractivity (Wildman–Crippen MR) is 112 cm³/mol. The zero-order chi connectivity index (χ0) is 20.1. The molecular formula is C20H23BrN2O4S. The van der Waals surface area contributed by atoms with Crippen LogP contribution in [0.5, 0.6) is 5.75 Å². The highest BCUT2D eigenvalue weighted by Gasteiger charge is 2.26. The normalized spacial score (nSPS) is 14.4. The van der Waals surface area contributed by atoms with Crippen molar-refractivity contribution in [1.82, 2.24) is 9.62 Å². The first-order valence-corrected chi connectivity index (χ1v) is 11.5. The van der Waals surface area contributed by atoms with Crippen molar-refractivity contribution < 1.29 is 17.9 Å². The van der Waals surface area contributed by atoms with Gasteiger partial charge in [0.05, 0.1) is 12.9 Å². The lowest BCUT2D eigenvalue weighted by atomic mass is 10.0.